The van der Waals surface area contributed by atoms with Crippen molar-refractivity contribution in [2.45, 2.75) is 17.7 Å². The van der Waals surface area contributed by atoms with Gasteiger partial charge >= 0.3 is 0 Å². The zero-order valence-electron chi connectivity index (χ0n) is 9.16. The van der Waals surface area contributed by atoms with E-state index in [1.807, 2.05) is 6.07 Å². The highest BCUT2D eigenvalue weighted by molar-refractivity contribution is 7.84. The summed E-state index contributed by atoms with van der Waals surface area (Å²) in [5, 5.41) is 13.0. The third kappa shape index (κ3) is 2.75. The van der Waals surface area contributed by atoms with Gasteiger partial charge < -0.3 is 10.4 Å². The molecule has 1 unspecified atom stereocenters. The molecule has 16 heavy (non-hydrogen) atoms. The number of aromatic hydroxyl groups is 1. The van der Waals surface area contributed by atoms with Gasteiger partial charge in [0.1, 0.15) is 5.75 Å². The van der Waals surface area contributed by atoms with E-state index in [4.69, 9.17) is 0 Å². The van der Waals surface area contributed by atoms with Gasteiger partial charge in [-0.3, -0.25) is 4.21 Å². The number of nitrogens with one attached hydrogen (secondary N) is 1. The van der Waals surface area contributed by atoms with Crippen LogP contribution in [0.5, 0.6) is 5.75 Å². The van der Waals surface area contributed by atoms with Crippen molar-refractivity contribution in [3.8, 4) is 5.75 Å². The Hall–Kier alpha value is -0.580. The van der Waals surface area contributed by atoms with Crippen LogP contribution in [0.4, 0.5) is 0 Å². The zero-order valence-corrected chi connectivity index (χ0v) is 10.8. The molecule has 1 aliphatic rings. The number of benzene rings is 1. The smallest absolute Gasteiger partial charge is 0.131 e. The summed E-state index contributed by atoms with van der Waals surface area (Å²) in [5.41, 5.74) is 2.38. The first-order valence-corrected chi connectivity index (χ1v) is 6.63. The molecule has 90 valence electrons. The van der Waals surface area contributed by atoms with Gasteiger partial charge in [0.15, 0.2) is 0 Å². The maximum atomic E-state index is 11.4. The van der Waals surface area contributed by atoms with E-state index in [2.05, 4.69) is 5.32 Å². The molecular formula is C11H16ClNO2S. The Morgan fingerprint density at radius 2 is 1.81 bits per heavy atom. The molecule has 1 heterocycles. The third-order valence-corrected chi connectivity index (χ3v) is 3.68. The van der Waals surface area contributed by atoms with E-state index in [-0.39, 0.29) is 18.2 Å². The number of hydrogen-bond acceptors (Lipinski definition) is 3. The van der Waals surface area contributed by atoms with Gasteiger partial charge in [-0.1, -0.05) is 0 Å². The standard InChI is InChI=1S/C11H15NO2S.ClH/c1-15(14)11-7-9-3-5-12-4-2-8(9)6-10(11)13;/h6-7,12-13H,2-5H2,1H3;1H. The lowest BCUT2D eigenvalue weighted by Gasteiger charge is -2.09. The summed E-state index contributed by atoms with van der Waals surface area (Å²) in [4.78, 5) is 0.552. The van der Waals surface area contributed by atoms with Crippen molar-refractivity contribution in [3.05, 3.63) is 23.3 Å². The number of phenolic OH excluding ortho intramolecular Hbond substituents is 1. The lowest BCUT2D eigenvalue weighted by atomic mass is 10.0. The van der Waals surface area contributed by atoms with Crippen LogP contribution in [0.1, 0.15) is 11.1 Å². The van der Waals surface area contributed by atoms with Crippen LogP contribution < -0.4 is 5.32 Å². The highest BCUT2D eigenvalue weighted by atomic mass is 35.5. The fourth-order valence-corrected chi connectivity index (χ4v) is 2.58. The van der Waals surface area contributed by atoms with Crippen LogP contribution in [0, 0.1) is 0 Å². The fourth-order valence-electron chi connectivity index (χ4n) is 1.92. The largest absolute Gasteiger partial charge is 0.507 e. The summed E-state index contributed by atoms with van der Waals surface area (Å²) < 4.78 is 11.4. The minimum Gasteiger partial charge on any atom is -0.507 e. The Labute approximate surface area is 104 Å². The molecule has 0 amide bonds. The van der Waals surface area contributed by atoms with E-state index >= 15 is 0 Å². The lowest BCUT2D eigenvalue weighted by molar-refractivity contribution is 0.460. The van der Waals surface area contributed by atoms with Crippen LogP contribution in [0.25, 0.3) is 0 Å². The zero-order chi connectivity index (χ0) is 10.8. The Bertz CT molecular complexity index is 409. The number of rotatable bonds is 1. The quantitative estimate of drug-likeness (QED) is 0.800. The monoisotopic (exact) mass is 261 g/mol. The summed E-state index contributed by atoms with van der Waals surface area (Å²) in [6, 6.07) is 3.65. The second-order valence-corrected chi connectivity index (χ2v) is 5.14. The molecule has 3 nitrogen and oxygen atoms in total. The molecule has 0 saturated carbocycles. The van der Waals surface area contributed by atoms with Crippen molar-refractivity contribution in [2.24, 2.45) is 0 Å². The van der Waals surface area contributed by atoms with Gasteiger partial charge in [0.25, 0.3) is 0 Å². The van der Waals surface area contributed by atoms with Crippen molar-refractivity contribution >= 4 is 23.2 Å². The van der Waals surface area contributed by atoms with E-state index in [1.54, 1.807) is 12.3 Å². The van der Waals surface area contributed by atoms with Crippen LogP contribution in [-0.2, 0) is 23.6 Å². The molecule has 1 aromatic rings. The van der Waals surface area contributed by atoms with Crippen molar-refractivity contribution in [3.63, 3.8) is 0 Å². The first-order chi connectivity index (χ1) is 7.18. The minimum absolute atomic E-state index is 0. The van der Waals surface area contributed by atoms with E-state index < -0.39 is 10.8 Å². The third-order valence-electron chi connectivity index (χ3n) is 2.73. The minimum atomic E-state index is -1.11. The number of fused-ring (bicyclic) bond motifs is 1. The summed E-state index contributed by atoms with van der Waals surface area (Å²) in [6.07, 6.45) is 3.47. The van der Waals surface area contributed by atoms with E-state index in [0.29, 0.717) is 4.90 Å². The molecule has 0 aromatic heterocycles. The van der Waals surface area contributed by atoms with Gasteiger partial charge in [-0.15, -0.1) is 12.4 Å². The Balaban J connectivity index is 0.00000128. The topological polar surface area (TPSA) is 49.3 Å². The van der Waals surface area contributed by atoms with Crippen molar-refractivity contribution < 1.29 is 9.32 Å². The van der Waals surface area contributed by atoms with E-state index in [0.717, 1.165) is 25.9 Å². The number of phenols is 1. The van der Waals surface area contributed by atoms with Gasteiger partial charge in [-0.2, -0.15) is 0 Å². The number of hydrogen-bond donors (Lipinski definition) is 2. The molecule has 2 N–H and O–H groups in total. The molecule has 0 aliphatic carbocycles. The first-order valence-electron chi connectivity index (χ1n) is 5.07. The highest BCUT2D eigenvalue weighted by Crippen LogP contribution is 2.26. The normalized spacial score (nSPS) is 16.8. The first kappa shape index (κ1) is 13.5. The average molecular weight is 262 g/mol. The molecular weight excluding hydrogens is 246 g/mol. The van der Waals surface area contributed by atoms with Crippen LogP contribution in [-0.4, -0.2) is 28.7 Å². The van der Waals surface area contributed by atoms with Crippen LogP contribution in [0.3, 0.4) is 0 Å². The maximum Gasteiger partial charge on any atom is 0.131 e. The maximum absolute atomic E-state index is 11.4. The van der Waals surface area contributed by atoms with Gasteiger partial charge in [-0.25, -0.2) is 0 Å². The van der Waals surface area contributed by atoms with Crippen molar-refractivity contribution in [1.29, 1.82) is 0 Å². The molecule has 0 radical (unpaired) electrons. The van der Waals surface area contributed by atoms with Crippen LogP contribution >= 0.6 is 12.4 Å². The summed E-state index contributed by atoms with van der Waals surface area (Å²) in [5.74, 6) is 0.163. The van der Waals surface area contributed by atoms with Crippen molar-refractivity contribution in [2.75, 3.05) is 19.3 Å². The summed E-state index contributed by atoms with van der Waals surface area (Å²) >= 11 is 0. The Morgan fingerprint density at radius 3 is 2.38 bits per heavy atom. The molecule has 0 fully saturated rings. The van der Waals surface area contributed by atoms with Gasteiger partial charge in [0.05, 0.1) is 15.7 Å². The predicted molar refractivity (Wildman–Crippen MR) is 68.0 cm³/mol. The number of halogens is 1. The second-order valence-electron chi connectivity index (χ2n) is 3.79. The predicted octanol–water partition coefficient (Wildman–Crippen LogP) is 1.24. The molecule has 5 heteroatoms. The van der Waals surface area contributed by atoms with Crippen LogP contribution in [0.15, 0.2) is 17.0 Å². The summed E-state index contributed by atoms with van der Waals surface area (Å²) in [7, 11) is -1.11. The van der Waals surface area contributed by atoms with Crippen molar-refractivity contribution in [1.82, 2.24) is 5.32 Å². The fraction of sp³-hybridized carbons (Fsp3) is 0.455. The van der Waals surface area contributed by atoms with Gasteiger partial charge in [0, 0.05) is 6.26 Å². The Kier molecular flexibility index (Phi) is 4.77. The van der Waals surface area contributed by atoms with Crippen LogP contribution in [0.2, 0.25) is 0 Å². The van der Waals surface area contributed by atoms with Gasteiger partial charge in [-0.05, 0) is 49.2 Å². The highest BCUT2D eigenvalue weighted by Gasteiger charge is 2.13. The second kappa shape index (κ2) is 5.66. The molecule has 1 aliphatic heterocycles. The molecule has 0 saturated heterocycles. The molecule has 1 atom stereocenters. The van der Waals surface area contributed by atoms with E-state index in [9.17, 15) is 9.32 Å². The molecule has 0 spiro atoms. The SMILES string of the molecule is CS(=O)c1cc2c(cc1O)CCNCC2.Cl. The molecule has 1 aromatic carbocycles. The summed E-state index contributed by atoms with van der Waals surface area (Å²) in [6.45, 7) is 1.90. The lowest BCUT2D eigenvalue weighted by Crippen LogP contribution is -2.16. The molecule has 0 bridgehead atoms. The molecule has 2 rings (SSSR count). The van der Waals surface area contributed by atoms with Gasteiger partial charge in [0.2, 0.25) is 0 Å². The Morgan fingerprint density at radius 1 is 1.25 bits per heavy atom. The van der Waals surface area contributed by atoms with E-state index in [1.165, 1.54) is 11.1 Å². The average Bonchev–Trinajstić information content (AvgIpc) is 2.40.